The monoisotopic (exact) mass is 839 g/mol. The van der Waals surface area contributed by atoms with Crippen molar-refractivity contribution >= 4 is 13.7 Å². The summed E-state index contributed by atoms with van der Waals surface area (Å²) in [5.41, 5.74) is 0. The third-order valence-corrected chi connectivity index (χ3v) is 11.8. The van der Waals surface area contributed by atoms with Gasteiger partial charge in [-0.3, -0.25) is 9.36 Å². The Bertz CT molecular complexity index is 1040. The number of hydrogen-bond acceptors (Lipinski definition) is 6. The molecule has 0 rings (SSSR count). The Morgan fingerprint density at radius 2 is 0.983 bits per heavy atom. The van der Waals surface area contributed by atoms with E-state index in [1.807, 2.05) is 27.2 Å². The van der Waals surface area contributed by atoms with Crippen LogP contribution in [-0.2, 0) is 18.4 Å². The maximum absolute atomic E-state index is 12.9. The zero-order valence-corrected chi connectivity index (χ0v) is 39.6. The molecule has 3 atom stereocenters. The number of nitrogens with zero attached hydrogens (tertiary/aromatic N) is 1. The lowest BCUT2D eigenvalue weighted by molar-refractivity contribution is -0.870. The summed E-state index contributed by atoms with van der Waals surface area (Å²) in [4.78, 5) is 25.3. The number of amides is 1. The summed E-state index contributed by atoms with van der Waals surface area (Å²) < 4.78 is 23.2. The number of phosphoric ester groups is 1. The van der Waals surface area contributed by atoms with E-state index in [1.165, 1.54) is 161 Å². The molecule has 0 aliphatic rings. The number of likely N-dealkylation sites (N-methyl/N-ethyl adjacent to an activating group) is 1. The largest absolute Gasteiger partial charge is 0.756 e. The highest BCUT2D eigenvalue weighted by Crippen LogP contribution is 2.38. The van der Waals surface area contributed by atoms with Gasteiger partial charge in [0.05, 0.1) is 39.9 Å². The summed E-state index contributed by atoms with van der Waals surface area (Å²) in [5, 5.41) is 13.8. The fraction of sp³-hybridized carbons (Fsp3) is 0.857. The van der Waals surface area contributed by atoms with Crippen molar-refractivity contribution in [3.8, 4) is 0 Å². The first-order valence-corrected chi connectivity index (χ1v) is 25.8. The van der Waals surface area contributed by atoms with Crippen LogP contribution in [0.2, 0.25) is 0 Å². The Balaban J connectivity index is 4.25. The number of carbonyl (C=O) groups excluding carboxylic acids is 1. The van der Waals surface area contributed by atoms with Crippen molar-refractivity contribution in [1.82, 2.24) is 5.32 Å². The lowest BCUT2D eigenvalue weighted by Crippen LogP contribution is -2.45. The molecule has 0 fully saturated rings. The van der Waals surface area contributed by atoms with Gasteiger partial charge in [0.1, 0.15) is 13.2 Å². The first kappa shape index (κ1) is 56.7. The number of aliphatic hydroxyl groups is 1. The Morgan fingerprint density at radius 1 is 0.586 bits per heavy atom. The molecule has 0 spiro atoms. The van der Waals surface area contributed by atoms with Crippen molar-refractivity contribution in [3.63, 3.8) is 0 Å². The number of unbranched alkanes of at least 4 members (excludes halogenated alkanes) is 27. The summed E-state index contributed by atoms with van der Waals surface area (Å²) in [7, 11) is 1.26. The third-order valence-electron chi connectivity index (χ3n) is 10.8. The van der Waals surface area contributed by atoms with Gasteiger partial charge in [-0.15, -0.1) is 0 Å². The van der Waals surface area contributed by atoms with Gasteiger partial charge in [0.25, 0.3) is 7.82 Å². The molecule has 9 heteroatoms. The van der Waals surface area contributed by atoms with Gasteiger partial charge >= 0.3 is 0 Å². The van der Waals surface area contributed by atoms with Gasteiger partial charge in [0.2, 0.25) is 5.91 Å². The SMILES string of the molecule is CCC/C=C/CCCCCCCC/C=C/[C@@H](O)[C@H](COP(=O)([O-])OCC[N+](C)(C)C)NC(=O)CCCCCCCCCCCCCCC/C=C/CCCCCCCC. The van der Waals surface area contributed by atoms with Gasteiger partial charge in [-0.1, -0.05) is 185 Å². The van der Waals surface area contributed by atoms with Crippen molar-refractivity contribution in [2.45, 2.75) is 231 Å². The van der Waals surface area contributed by atoms with E-state index in [0.29, 0.717) is 17.4 Å². The molecule has 342 valence electrons. The highest BCUT2D eigenvalue weighted by Gasteiger charge is 2.23. The lowest BCUT2D eigenvalue weighted by atomic mass is 10.0. The molecule has 0 bridgehead atoms. The molecule has 58 heavy (non-hydrogen) atoms. The summed E-state index contributed by atoms with van der Waals surface area (Å²) in [6.07, 6.45) is 50.5. The van der Waals surface area contributed by atoms with Crippen LogP contribution in [-0.4, -0.2) is 68.5 Å². The van der Waals surface area contributed by atoms with E-state index in [1.54, 1.807) is 6.08 Å². The summed E-state index contributed by atoms with van der Waals surface area (Å²) in [6.45, 7) is 4.59. The fourth-order valence-corrected chi connectivity index (χ4v) is 7.64. The van der Waals surface area contributed by atoms with Crippen LogP contribution in [0, 0.1) is 0 Å². The Labute approximate surface area is 359 Å². The van der Waals surface area contributed by atoms with Crippen LogP contribution < -0.4 is 10.2 Å². The lowest BCUT2D eigenvalue weighted by Gasteiger charge is -2.29. The Kier molecular flexibility index (Phi) is 40.2. The molecule has 0 aliphatic carbocycles. The molecular formula is C49H95N2O6P. The predicted molar refractivity (Wildman–Crippen MR) is 247 cm³/mol. The summed E-state index contributed by atoms with van der Waals surface area (Å²) in [6, 6.07) is -0.888. The molecule has 2 N–H and O–H groups in total. The second kappa shape index (κ2) is 41.1. The second-order valence-corrected chi connectivity index (χ2v) is 19.2. The van der Waals surface area contributed by atoms with Crippen molar-refractivity contribution in [2.75, 3.05) is 40.9 Å². The molecule has 0 aromatic rings. The van der Waals surface area contributed by atoms with Gasteiger partial charge in [-0.05, 0) is 64.2 Å². The maximum atomic E-state index is 12.9. The minimum Gasteiger partial charge on any atom is -0.756 e. The van der Waals surface area contributed by atoms with Gasteiger partial charge < -0.3 is 28.8 Å². The highest BCUT2D eigenvalue weighted by atomic mass is 31.2. The first-order valence-electron chi connectivity index (χ1n) is 24.4. The molecule has 1 unspecified atom stereocenters. The van der Waals surface area contributed by atoms with Crippen molar-refractivity contribution < 1.29 is 32.9 Å². The number of aliphatic hydroxyl groups excluding tert-OH is 1. The molecule has 0 radical (unpaired) electrons. The van der Waals surface area contributed by atoms with Crippen LogP contribution in [0.3, 0.4) is 0 Å². The summed E-state index contributed by atoms with van der Waals surface area (Å²) in [5.74, 6) is -0.200. The zero-order chi connectivity index (χ0) is 42.8. The molecule has 0 aromatic heterocycles. The number of carbonyl (C=O) groups is 1. The number of hydrogen-bond donors (Lipinski definition) is 2. The van der Waals surface area contributed by atoms with Crippen LogP contribution in [0.5, 0.6) is 0 Å². The van der Waals surface area contributed by atoms with Crippen LogP contribution >= 0.6 is 7.82 Å². The van der Waals surface area contributed by atoms with E-state index >= 15 is 0 Å². The number of phosphoric acid groups is 1. The van der Waals surface area contributed by atoms with Crippen LogP contribution in [0.25, 0.3) is 0 Å². The molecule has 0 saturated heterocycles. The van der Waals surface area contributed by atoms with Crippen LogP contribution in [0.15, 0.2) is 36.5 Å². The first-order chi connectivity index (χ1) is 28.0. The minimum absolute atomic E-state index is 0.00236. The van der Waals surface area contributed by atoms with Crippen LogP contribution in [0.1, 0.15) is 219 Å². The zero-order valence-electron chi connectivity index (χ0n) is 38.8. The Hall–Kier alpha value is -1.28. The van der Waals surface area contributed by atoms with Crippen molar-refractivity contribution in [2.24, 2.45) is 0 Å². The van der Waals surface area contributed by atoms with E-state index in [-0.39, 0.29) is 19.1 Å². The van der Waals surface area contributed by atoms with Crippen molar-refractivity contribution in [3.05, 3.63) is 36.5 Å². The van der Waals surface area contributed by atoms with Gasteiger partial charge in [-0.2, -0.15) is 0 Å². The van der Waals surface area contributed by atoms with E-state index in [4.69, 9.17) is 9.05 Å². The molecule has 0 saturated carbocycles. The second-order valence-electron chi connectivity index (χ2n) is 17.8. The van der Waals surface area contributed by atoms with E-state index in [0.717, 1.165) is 38.5 Å². The number of allylic oxidation sites excluding steroid dienone is 5. The maximum Gasteiger partial charge on any atom is 0.268 e. The predicted octanol–water partition coefficient (Wildman–Crippen LogP) is 13.2. The number of nitrogens with one attached hydrogen (secondary N) is 1. The smallest absolute Gasteiger partial charge is 0.268 e. The molecule has 0 aliphatic heterocycles. The average Bonchev–Trinajstić information content (AvgIpc) is 3.17. The number of quaternary nitrogens is 1. The van der Waals surface area contributed by atoms with Gasteiger partial charge in [0, 0.05) is 6.42 Å². The Morgan fingerprint density at radius 3 is 1.41 bits per heavy atom. The van der Waals surface area contributed by atoms with E-state index in [9.17, 15) is 19.4 Å². The standard InChI is InChI=1S/C49H95N2O6P/c1-6-8-10-12-14-16-18-20-21-22-23-24-25-26-27-28-29-31-33-35-37-39-41-43-49(53)50-47(46-57-58(54,55)56-45-44-51(3,4)5)48(52)42-40-38-36-34-32-30-19-17-15-13-11-9-7-2/h11,13,20-21,40,42,47-48,52H,6-10,12,14-19,22-39,41,43-46H2,1-5H3,(H-,50,53,54,55)/b13-11+,21-20+,42-40+/t47-,48+/m0/s1. The van der Waals surface area contributed by atoms with E-state index < -0.39 is 20.0 Å². The van der Waals surface area contributed by atoms with Crippen LogP contribution in [0.4, 0.5) is 0 Å². The fourth-order valence-electron chi connectivity index (χ4n) is 6.91. The normalized spacial score (nSPS) is 14.5. The van der Waals surface area contributed by atoms with Gasteiger partial charge in [-0.25, -0.2) is 0 Å². The molecule has 1 amide bonds. The van der Waals surface area contributed by atoms with E-state index in [2.05, 4.69) is 43.5 Å². The average molecular weight is 839 g/mol. The third kappa shape index (κ3) is 42.8. The topological polar surface area (TPSA) is 108 Å². The highest BCUT2D eigenvalue weighted by molar-refractivity contribution is 7.45. The quantitative estimate of drug-likeness (QED) is 0.0274. The number of rotatable bonds is 44. The molecular weight excluding hydrogens is 744 g/mol. The molecule has 8 nitrogen and oxygen atoms in total. The summed E-state index contributed by atoms with van der Waals surface area (Å²) >= 11 is 0. The molecule has 0 heterocycles. The van der Waals surface area contributed by atoms with Crippen molar-refractivity contribution in [1.29, 1.82) is 0 Å². The molecule has 0 aromatic carbocycles. The minimum atomic E-state index is -4.59. The van der Waals surface area contributed by atoms with Gasteiger partial charge in [0.15, 0.2) is 0 Å².